The largest absolute Gasteiger partial charge is 0.322 e. The molecule has 7 nitrogen and oxygen atoms in total. The summed E-state index contributed by atoms with van der Waals surface area (Å²) in [7, 11) is -4.19. The molecule has 0 bridgehead atoms. The zero-order valence-electron chi connectivity index (χ0n) is 17.2. The maximum absolute atomic E-state index is 13.9. The number of sulfone groups is 1. The second-order valence-corrected chi connectivity index (χ2v) is 9.18. The first kappa shape index (κ1) is 22.3. The summed E-state index contributed by atoms with van der Waals surface area (Å²) in [5.74, 6) is -2.49. The Morgan fingerprint density at radius 3 is 2.48 bits per heavy atom. The van der Waals surface area contributed by atoms with Crippen molar-refractivity contribution in [3.8, 4) is 0 Å². The van der Waals surface area contributed by atoms with Crippen molar-refractivity contribution >= 4 is 32.5 Å². The van der Waals surface area contributed by atoms with E-state index in [0.29, 0.717) is 11.8 Å². The molecule has 0 saturated carbocycles. The molecule has 0 radical (unpaired) electrons. The molecule has 0 aliphatic carbocycles. The number of amides is 1. The Labute approximate surface area is 187 Å². The molecule has 0 atom stereocenters. The lowest BCUT2D eigenvalue weighted by Crippen LogP contribution is -2.24. The van der Waals surface area contributed by atoms with Crippen molar-refractivity contribution in [3.05, 3.63) is 94.4 Å². The summed E-state index contributed by atoms with van der Waals surface area (Å²) in [6.45, 7) is 1.21. The molecule has 0 fully saturated rings. The Bertz CT molecular complexity index is 1550. The predicted molar refractivity (Wildman–Crippen MR) is 118 cm³/mol. The number of fused-ring (bicyclic) bond motifs is 1. The fourth-order valence-corrected chi connectivity index (χ4v) is 4.70. The van der Waals surface area contributed by atoms with Gasteiger partial charge in [0.1, 0.15) is 28.7 Å². The monoisotopic (exact) mass is 469 g/mol. The van der Waals surface area contributed by atoms with Gasteiger partial charge in [0.2, 0.25) is 21.2 Å². The Morgan fingerprint density at radius 1 is 1.06 bits per heavy atom. The van der Waals surface area contributed by atoms with Gasteiger partial charge in [0.05, 0.1) is 16.0 Å². The molecular formula is C23H17F2N3O4S. The van der Waals surface area contributed by atoms with Crippen LogP contribution in [0.5, 0.6) is 0 Å². The maximum Gasteiger partial charge on any atom is 0.244 e. The van der Waals surface area contributed by atoms with E-state index in [9.17, 15) is 26.8 Å². The second-order valence-electron chi connectivity index (χ2n) is 7.26. The van der Waals surface area contributed by atoms with Gasteiger partial charge in [-0.3, -0.25) is 9.59 Å². The summed E-state index contributed by atoms with van der Waals surface area (Å²) in [6, 6.07) is 13.1. The second kappa shape index (κ2) is 8.55. The summed E-state index contributed by atoms with van der Waals surface area (Å²) in [5, 5.41) is 2.33. The summed E-state index contributed by atoms with van der Waals surface area (Å²) < 4.78 is 54.6. The molecule has 4 aromatic rings. The number of nitrogens with one attached hydrogen (secondary N) is 1. The van der Waals surface area contributed by atoms with Crippen LogP contribution in [0, 0.1) is 18.6 Å². The number of hydrogen-bond acceptors (Lipinski definition) is 5. The number of rotatable bonds is 5. The van der Waals surface area contributed by atoms with E-state index >= 15 is 0 Å². The van der Waals surface area contributed by atoms with Crippen molar-refractivity contribution in [2.75, 3.05) is 5.32 Å². The summed E-state index contributed by atoms with van der Waals surface area (Å²) in [4.78, 5) is 29.4. The summed E-state index contributed by atoms with van der Waals surface area (Å²) >= 11 is 0. The highest BCUT2D eigenvalue weighted by Gasteiger charge is 2.24. The van der Waals surface area contributed by atoms with Crippen LogP contribution in [0.15, 0.2) is 81.4 Å². The third-order valence-corrected chi connectivity index (χ3v) is 6.65. The number of nitrogens with zero attached hydrogens (tertiary/aromatic N) is 2. The first-order valence-corrected chi connectivity index (χ1v) is 11.2. The third kappa shape index (κ3) is 4.37. The van der Waals surface area contributed by atoms with E-state index in [-0.39, 0.29) is 21.6 Å². The molecule has 168 valence electrons. The predicted octanol–water partition coefficient (Wildman–Crippen LogP) is 3.45. The van der Waals surface area contributed by atoms with Gasteiger partial charge < -0.3 is 9.88 Å². The van der Waals surface area contributed by atoms with Gasteiger partial charge in [-0.05, 0) is 43.3 Å². The van der Waals surface area contributed by atoms with Crippen LogP contribution in [0.4, 0.5) is 14.5 Å². The molecule has 10 heteroatoms. The van der Waals surface area contributed by atoms with Gasteiger partial charge in [0, 0.05) is 18.0 Å². The number of aryl methyl sites for hydroxylation is 1. The Kier molecular flexibility index (Phi) is 5.77. The number of carbonyl (C=O) groups is 1. The van der Waals surface area contributed by atoms with Gasteiger partial charge in [-0.2, -0.15) is 0 Å². The minimum absolute atomic E-state index is 0.0124. The van der Waals surface area contributed by atoms with Crippen LogP contribution in [0.2, 0.25) is 0 Å². The minimum Gasteiger partial charge on any atom is -0.322 e. The highest BCUT2D eigenvalue weighted by atomic mass is 32.2. The molecule has 0 unspecified atom stereocenters. The highest BCUT2D eigenvalue weighted by molar-refractivity contribution is 7.91. The summed E-state index contributed by atoms with van der Waals surface area (Å²) in [6.07, 6.45) is 1.06. The molecule has 1 amide bonds. The maximum atomic E-state index is 13.9. The van der Waals surface area contributed by atoms with Crippen LogP contribution in [0.25, 0.3) is 11.0 Å². The normalized spacial score (nSPS) is 11.5. The van der Waals surface area contributed by atoms with Gasteiger partial charge in [-0.25, -0.2) is 22.2 Å². The number of hydrogen-bond donors (Lipinski definition) is 1. The van der Waals surface area contributed by atoms with E-state index in [1.807, 2.05) is 0 Å². The van der Waals surface area contributed by atoms with Crippen LogP contribution in [-0.2, 0) is 21.2 Å². The average molecular weight is 469 g/mol. The van der Waals surface area contributed by atoms with Crippen molar-refractivity contribution in [2.45, 2.75) is 23.3 Å². The molecular weight excluding hydrogens is 452 g/mol. The lowest BCUT2D eigenvalue weighted by molar-refractivity contribution is -0.116. The number of halogens is 2. The van der Waals surface area contributed by atoms with Crippen molar-refractivity contribution in [1.82, 2.24) is 9.55 Å². The fraction of sp³-hybridized carbons (Fsp3) is 0.0870. The standard InChI is InChI=1S/C23H17F2N3O4S/c1-14-7-9-17-22(30)20(33(31,32)16-5-3-2-4-6-16)12-28(23(17)26-14)13-21(29)27-19-10-8-15(24)11-18(19)25/h2-12H,13H2,1H3,(H,27,29). The van der Waals surface area contributed by atoms with E-state index in [0.717, 1.165) is 18.3 Å². The van der Waals surface area contributed by atoms with Crippen molar-refractivity contribution in [3.63, 3.8) is 0 Å². The van der Waals surface area contributed by atoms with E-state index in [2.05, 4.69) is 10.3 Å². The first-order chi connectivity index (χ1) is 15.7. The van der Waals surface area contributed by atoms with E-state index in [4.69, 9.17) is 0 Å². The van der Waals surface area contributed by atoms with Gasteiger partial charge in [-0.15, -0.1) is 0 Å². The van der Waals surface area contributed by atoms with Crippen molar-refractivity contribution in [2.24, 2.45) is 0 Å². The topological polar surface area (TPSA) is 98.1 Å². The van der Waals surface area contributed by atoms with Crippen LogP contribution < -0.4 is 10.7 Å². The number of benzene rings is 2. The Morgan fingerprint density at radius 2 is 1.79 bits per heavy atom. The van der Waals surface area contributed by atoms with Gasteiger partial charge >= 0.3 is 0 Å². The molecule has 2 heterocycles. The number of carbonyl (C=O) groups excluding carboxylic acids is 1. The fourth-order valence-electron chi connectivity index (χ4n) is 3.31. The molecule has 0 saturated heterocycles. The highest BCUT2D eigenvalue weighted by Crippen LogP contribution is 2.21. The number of pyridine rings is 2. The van der Waals surface area contributed by atoms with Crippen molar-refractivity contribution < 1.29 is 22.0 Å². The molecule has 2 aromatic heterocycles. The molecule has 0 spiro atoms. The molecule has 0 aliphatic heterocycles. The SMILES string of the molecule is Cc1ccc2c(=O)c(S(=O)(=O)c3ccccc3)cn(CC(=O)Nc3ccc(F)cc3F)c2n1. The van der Waals surface area contributed by atoms with Crippen LogP contribution in [0.3, 0.4) is 0 Å². The smallest absolute Gasteiger partial charge is 0.244 e. The third-order valence-electron chi connectivity index (χ3n) is 4.89. The van der Waals surface area contributed by atoms with E-state index in [1.165, 1.54) is 34.9 Å². The van der Waals surface area contributed by atoms with Crippen molar-refractivity contribution in [1.29, 1.82) is 0 Å². The number of aromatic nitrogens is 2. The summed E-state index contributed by atoms with van der Waals surface area (Å²) in [5.41, 5.74) is -0.350. The Balaban J connectivity index is 1.82. The number of anilines is 1. The van der Waals surface area contributed by atoms with E-state index < -0.39 is 44.2 Å². The van der Waals surface area contributed by atoms with Crippen LogP contribution in [0.1, 0.15) is 5.69 Å². The zero-order valence-corrected chi connectivity index (χ0v) is 18.1. The first-order valence-electron chi connectivity index (χ1n) is 9.72. The van der Waals surface area contributed by atoms with Gasteiger partial charge in [0.15, 0.2) is 0 Å². The molecule has 33 heavy (non-hydrogen) atoms. The van der Waals surface area contributed by atoms with Crippen LogP contribution >= 0.6 is 0 Å². The van der Waals surface area contributed by atoms with Gasteiger partial charge in [-0.1, -0.05) is 18.2 Å². The minimum atomic E-state index is -4.19. The van der Waals surface area contributed by atoms with Crippen LogP contribution in [-0.4, -0.2) is 23.9 Å². The average Bonchev–Trinajstić information content (AvgIpc) is 2.78. The van der Waals surface area contributed by atoms with E-state index in [1.54, 1.807) is 19.1 Å². The molecule has 2 aromatic carbocycles. The molecule has 1 N–H and O–H groups in total. The zero-order chi connectivity index (χ0) is 23.8. The quantitative estimate of drug-likeness (QED) is 0.483. The molecule has 0 aliphatic rings. The lowest BCUT2D eigenvalue weighted by atomic mass is 10.2. The molecule has 4 rings (SSSR count). The Hall–Kier alpha value is -3.92. The van der Waals surface area contributed by atoms with Gasteiger partial charge in [0.25, 0.3) is 0 Å². The lowest BCUT2D eigenvalue weighted by Gasteiger charge is -2.14.